The van der Waals surface area contributed by atoms with Crippen molar-refractivity contribution in [1.29, 1.82) is 0 Å². The maximum absolute atomic E-state index is 4.70. The molecule has 0 aromatic carbocycles. The molecule has 0 N–H and O–H groups in total. The van der Waals surface area contributed by atoms with Crippen LogP contribution in [0.3, 0.4) is 0 Å². The highest BCUT2D eigenvalue weighted by atomic mass is 79.9. The SMILES string of the molecule is Cc1cc(N2C=C(Br)SCC2)nc(C(C)(C)C)n1. The molecule has 0 aliphatic carbocycles. The quantitative estimate of drug-likeness (QED) is 0.783. The molecule has 1 aromatic heterocycles. The summed E-state index contributed by atoms with van der Waals surface area (Å²) in [6.07, 6.45) is 2.10. The molecule has 0 saturated heterocycles. The predicted molar refractivity (Wildman–Crippen MR) is 82.3 cm³/mol. The maximum atomic E-state index is 4.70. The van der Waals surface area contributed by atoms with Crippen LogP contribution in [0, 0.1) is 6.92 Å². The van der Waals surface area contributed by atoms with E-state index in [1.54, 1.807) is 0 Å². The van der Waals surface area contributed by atoms with Crippen molar-refractivity contribution in [1.82, 2.24) is 9.97 Å². The van der Waals surface area contributed by atoms with Gasteiger partial charge in [0.05, 0.1) is 3.81 Å². The lowest BCUT2D eigenvalue weighted by atomic mass is 9.95. The van der Waals surface area contributed by atoms with Crippen LogP contribution in [-0.2, 0) is 5.41 Å². The van der Waals surface area contributed by atoms with Gasteiger partial charge in [-0.25, -0.2) is 9.97 Å². The molecule has 1 aromatic rings. The molecule has 5 heteroatoms. The normalized spacial score (nSPS) is 16.7. The van der Waals surface area contributed by atoms with Gasteiger partial charge in [-0.1, -0.05) is 20.8 Å². The summed E-state index contributed by atoms with van der Waals surface area (Å²) in [6, 6.07) is 2.04. The Kier molecular flexibility index (Phi) is 4.02. The van der Waals surface area contributed by atoms with Crippen molar-refractivity contribution in [2.24, 2.45) is 0 Å². The van der Waals surface area contributed by atoms with Crippen LogP contribution in [0.1, 0.15) is 32.3 Å². The molecule has 3 nitrogen and oxygen atoms in total. The van der Waals surface area contributed by atoms with E-state index in [2.05, 4.69) is 52.8 Å². The predicted octanol–water partition coefficient (Wildman–Crippen LogP) is 3.83. The van der Waals surface area contributed by atoms with Crippen molar-refractivity contribution in [3.8, 4) is 0 Å². The van der Waals surface area contributed by atoms with Crippen LogP contribution in [0.15, 0.2) is 16.1 Å². The van der Waals surface area contributed by atoms with Gasteiger partial charge in [-0.3, -0.25) is 0 Å². The van der Waals surface area contributed by atoms with E-state index in [0.717, 1.165) is 33.4 Å². The number of rotatable bonds is 1. The van der Waals surface area contributed by atoms with E-state index in [-0.39, 0.29) is 5.41 Å². The van der Waals surface area contributed by atoms with Crippen molar-refractivity contribution in [3.63, 3.8) is 0 Å². The number of hydrogen-bond donors (Lipinski definition) is 0. The first-order valence-electron chi connectivity index (χ1n) is 5.99. The van der Waals surface area contributed by atoms with Gasteiger partial charge >= 0.3 is 0 Å². The van der Waals surface area contributed by atoms with Crippen molar-refractivity contribution < 1.29 is 0 Å². The van der Waals surface area contributed by atoms with E-state index in [1.807, 2.05) is 24.8 Å². The monoisotopic (exact) mass is 327 g/mol. The van der Waals surface area contributed by atoms with Gasteiger partial charge in [0.15, 0.2) is 0 Å². The van der Waals surface area contributed by atoms with E-state index < -0.39 is 0 Å². The van der Waals surface area contributed by atoms with E-state index >= 15 is 0 Å². The zero-order valence-corrected chi connectivity index (χ0v) is 13.6. The Bertz CT molecular complexity index is 480. The zero-order chi connectivity index (χ0) is 13.3. The maximum Gasteiger partial charge on any atom is 0.136 e. The fraction of sp³-hybridized carbons (Fsp3) is 0.538. The second-order valence-corrected chi connectivity index (χ2v) is 7.93. The average molecular weight is 328 g/mol. The minimum atomic E-state index is -0.0216. The number of thioether (sulfide) groups is 1. The van der Waals surface area contributed by atoms with Crippen LogP contribution in [0.4, 0.5) is 5.82 Å². The van der Waals surface area contributed by atoms with Crippen molar-refractivity contribution in [2.45, 2.75) is 33.1 Å². The van der Waals surface area contributed by atoms with Gasteiger partial charge in [0.2, 0.25) is 0 Å². The molecule has 2 rings (SSSR count). The lowest BCUT2D eigenvalue weighted by Gasteiger charge is -2.26. The number of aromatic nitrogens is 2. The van der Waals surface area contributed by atoms with Gasteiger partial charge < -0.3 is 4.90 Å². The summed E-state index contributed by atoms with van der Waals surface area (Å²) >= 11 is 5.36. The highest BCUT2D eigenvalue weighted by Gasteiger charge is 2.20. The average Bonchev–Trinajstić information content (AvgIpc) is 2.27. The Balaban J connectivity index is 2.39. The first kappa shape index (κ1) is 13.9. The summed E-state index contributed by atoms with van der Waals surface area (Å²) in [5, 5.41) is 0. The molecular formula is C13H18BrN3S. The second kappa shape index (κ2) is 5.21. The molecule has 0 radical (unpaired) electrons. The third-order valence-electron chi connectivity index (χ3n) is 2.64. The number of hydrogen-bond acceptors (Lipinski definition) is 4. The fourth-order valence-electron chi connectivity index (χ4n) is 1.68. The van der Waals surface area contributed by atoms with Gasteiger partial charge in [0.1, 0.15) is 11.6 Å². The standard InChI is InChI=1S/C13H18BrN3S/c1-9-7-11(16-12(15-9)13(2,3)4)17-5-6-18-10(14)8-17/h7-8H,5-6H2,1-4H3. The Morgan fingerprint density at radius 1 is 1.33 bits per heavy atom. The molecule has 2 heterocycles. The van der Waals surface area contributed by atoms with Gasteiger partial charge in [0, 0.05) is 35.7 Å². The molecule has 0 atom stereocenters. The van der Waals surface area contributed by atoms with Crippen molar-refractivity contribution in [3.05, 3.63) is 27.6 Å². The van der Waals surface area contributed by atoms with Crippen LogP contribution in [0.25, 0.3) is 0 Å². The minimum Gasteiger partial charge on any atom is -0.330 e. The molecule has 0 fully saturated rings. The summed E-state index contributed by atoms with van der Waals surface area (Å²) in [7, 11) is 0. The highest BCUT2D eigenvalue weighted by molar-refractivity contribution is 9.14. The summed E-state index contributed by atoms with van der Waals surface area (Å²) in [4.78, 5) is 11.4. The smallest absolute Gasteiger partial charge is 0.136 e. The molecule has 0 unspecified atom stereocenters. The van der Waals surface area contributed by atoms with E-state index in [0.29, 0.717) is 0 Å². The van der Waals surface area contributed by atoms with Crippen LogP contribution in [-0.4, -0.2) is 22.3 Å². The van der Waals surface area contributed by atoms with E-state index in [4.69, 9.17) is 4.98 Å². The van der Waals surface area contributed by atoms with Crippen LogP contribution < -0.4 is 4.90 Å². The number of anilines is 1. The first-order valence-corrected chi connectivity index (χ1v) is 7.77. The second-order valence-electron chi connectivity index (χ2n) is 5.42. The van der Waals surface area contributed by atoms with Crippen molar-refractivity contribution >= 4 is 33.5 Å². The molecular weight excluding hydrogens is 310 g/mol. The number of nitrogens with zero attached hydrogens (tertiary/aromatic N) is 3. The van der Waals surface area contributed by atoms with Crippen LogP contribution >= 0.6 is 27.7 Å². The molecule has 0 amide bonds. The highest BCUT2D eigenvalue weighted by Crippen LogP contribution is 2.30. The summed E-state index contributed by atoms with van der Waals surface area (Å²) in [6.45, 7) is 9.44. The zero-order valence-electron chi connectivity index (χ0n) is 11.2. The van der Waals surface area contributed by atoms with Crippen LogP contribution in [0.2, 0.25) is 0 Å². The molecule has 0 bridgehead atoms. The molecule has 0 saturated carbocycles. The molecule has 0 spiro atoms. The molecule has 18 heavy (non-hydrogen) atoms. The lowest BCUT2D eigenvalue weighted by Crippen LogP contribution is -2.26. The summed E-state index contributed by atoms with van der Waals surface area (Å²) < 4.78 is 1.15. The van der Waals surface area contributed by atoms with Gasteiger partial charge in [-0.05, 0) is 22.9 Å². The number of halogens is 1. The Hall–Kier alpha value is -0.550. The third kappa shape index (κ3) is 3.26. The largest absolute Gasteiger partial charge is 0.330 e. The number of aryl methyl sites for hydroxylation is 1. The Morgan fingerprint density at radius 3 is 2.67 bits per heavy atom. The van der Waals surface area contributed by atoms with Crippen LogP contribution in [0.5, 0.6) is 0 Å². The molecule has 1 aliphatic heterocycles. The first-order chi connectivity index (χ1) is 8.36. The van der Waals surface area contributed by atoms with Crippen molar-refractivity contribution in [2.75, 3.05) is 17.2 Å². The third-order valence-corrected chi connectivity index (χ3v) is 4.29. The fourth-order valence-corrected chi connectivity index (χ4v) is 3.10. The van der Waals surface area contributed by atoms with E-state index in [1.165, 1.54) is 0 Å². The lowest BCUT2D eigenvalue weighted by molar-refractivity contribution is 0.542. The topological polar surface area (TPSA) is 29.0 Å². The Morgan fingerprint density at radius 2 is 2.06 bits per heavy atom. The van der Waals surface area contributed by atoms with E-state index in [9.17, 15) is 0 Å². The summed E-state index contributed by atoms with van der Waals surface area (Å²) in [5.74, 6) is 2.97. The van der Waals surface area contributed by atoms with Gasteiger partial charge in [-0.2, -0.15) is 0 Å². The summed E-state index contributed by atoms with van der Waals surface area (Å²) in [5.41, 5.74) is 0.999. The van der Waals surface area contributed by atoms with Gasteiger partial charge in [-0.15, -0.1) is 11.8 Å². The minimum absolute atomic E-state index is 0.0216. The molecule has 98 valence electrons. The molecule has 1 aliphatic rings. The Labute approximate surface area is 121 Å². The van der Waals surface area contributed by atoms with Gasteiger partial charge in [0.25, 0.3) is 0 Å².